The molecule has 0 aliphatic carbocycles. The Bertz CT molecular complexity index is 1120. The van der Waals surface area contributed by atoms with Gasteiger partial charge in [-0.3, -0.25) is 4.79 Å². The number of nitrogens with zero attached hydrogens (tertiary/aromatic N) is 2. The zero-order chi connectivity index (χ0) is 22.2. The van der Waals surface area contributed by atoms with Crippen LogP contribution in [0.1, 0.15) is 29.3 Å². The first-order chi connectivity index (χ1) is 15.0. The van der Waals surface area contributed by atoms with E-state index in [1.54, 1.807) is 36.5 Å². The molecule has 0 unspecified atom stereocenters. The van der Waals surface area contributed by atoms with Gasteiger partial charge >= 0.3 is 5.97 Å². The Balaban J connectivity index is 1.80. The summed E-state index contributed by atoms with van der Waals surface area (Å²) >= 11 is 4.84. The summed E-state index contributed by atoms with van der Waals surface area (Å²) in [6, 6.07) is 13.8. The molecule has 0 bridgehead atoms. The number of benzene rings is 2. The average Bonchev–Trinajstić information content (AvgIpc) is 3.09. The molecule has 0 aliphatic rings. The number of hydrogen-bond donors (Lipinski definition) is 0. The Hall–Kier alpha value is -2.03. The lowest BCUT2D eigenvalue weighted by atomic mass is 10.2. The van der Waals surface area contributed by atoms with Crippen molar-refractivity contribution in [3.05, 3.63) is 58.4 Å². The summed E-state index contributed by atoms with van der Waals surface area (Å²) in [5.74, 6) is 1.13. The molecule has 1 heterocycles. The van der Waals surface area contributed by atoms with Crippen LogP contribution in [0, 0.1) is 6.92 Å². The molecule has 3 aromatic rings. The maximum Gasteiger partial charge on any atom is 0.338 e. The number of thiazole rings is 1. The van der Waals surface area contributed by atoms with Crippen LogP contribution in [0.15, 0.2) is 52.4 Å². The van der Waals surface area contributed by atoms with E-state index in [-0.39, 0.29) is 11.9 Å². The van der Waals surface area contributed by atoms with E-state index in [2.05, 4.69) is 47.0 Å². The van der Waals surface area contributed by atoms with Crippen LogP contribution < -0.4 is 4.80 Å². The van der Waals surface area contributed by atoms with Crippen LogP contribution in [0.2, 0.25) is 0 Å². The fourth-order valence-corrected chi connectivity index (χ4v) is 5.27. The number of fused-ring (bicyclic) bond motifs is 1. The highest BCUT2D eigenvalue weighted by Gasteiger charge is 2.12. The Morgan fingerprint density at radius 3 is 2.61 bits per heavy atom. The molecule has 1 aromatic heterocycles. The summed E-state index contributed by atoms with van der Waals surface area (Å²) in [4.78, 5) is 30.9. The molecular weight excluding hydrogens is 448 g/mol. The number of carbonyl (C=O) groups is 2. The molecule has 0 N–H and O–H groups in total. The van der Waals surface area contributed by atoms with Crippen LogP contribution in [0.4, 0.5) is 0 Å². The molecule has 0 atom stereocenters. The van der Waals surface area contributed by atoms with Crippen LogP contribution in [-0.2, 0) is 16.1 Å². The van der Waals surface area contributed by atoms with E-state index in [0.717, 1.165) is 27.4 Å². The second kappa shape index (κ2) is 11.5. The molecule has 0 radical (unpaired) electrons. The van der Waals surface area contributed by atoms with Crippen molar-refractivity contribution in [1.29, 1.82) is 0 Å². The molecule has 1 amide bonds. The molecule has 164 valence electrons. The zero-order valence-electron chi connectivity index (χ0n) is 17.9. The minimum atomic E-state index is -0.337. The van der Waals surface area contributed by atoms with E-state index in [1.165, 1.54) is 16.9 Å². The third-order valence-electron chi connectivity index (χ3n) is 4.54. The van der Waals surface area contributed by atoms with Gasteiger partial charge in [-0.1, -0.05) is 29.0 Å². The average molecular weight is 475 g/mol. The maximum atomic E-state index is 12.6. The first-order valence-electron chi connectivity index (χ1n) is 10.1. The van der Waals surface area contributed by atoms with E-state index in [4.69, 9.17) is 4.74 Å². The Labute approximate surface area is 194 Å². The van der Waals surface area contributed by atoms with Gasteiger partial charge in [-0.15, -0.1) is 11.8 Å². The van der Waals surface area contributed by atoms with E-state index < -0.39 is 0 Å². The highest BCUT2D eigenvalue weighted by Crippen LogP contribution is 2.21. The predicted octanol–water partition coefficient (Wildman–Crippen LogP) is 5.16. The molecule has 31 heavy (non-hydrogen) atoms. The van der Waals surface area contributed by atoms with Gasteiger partial charge < -0.3 is 9.30 Å². The van der Waals surface area contributed by atoms with Gasteiger partial charge in [0.2, 0.25) is 5.91 Å². The van der Waals surface area contributed by atoms with Crippen LogP contribution in [0.3, 0.4) is 0 Å². The molecule has 5 nitrogen and oxygen atoms in total. The molecule has 0 spiro atoms. The van der Waals surface area contributed by atoms with Crippen molar-refractivity contribution in [2.24, 2.45) is 4.99 Å². The first-order valence-corrected chi connectivity index (χ1v) is 13.3. The summed E-state index contributed by atoms with van der Waals surface area (Å²) in [6.07, 6.45) is 2.43. The Kier molecular flexibility index (Phi) is 8.80. The Morgan fingerprint density at radius 1 is 1.13 bits per heavy atom. The predicted molar refractivity (Wildman–Crippen MR) is 131 cm³/mol. The molecule has 0 fully saturated rings. The molecule has 0 saturated carbocycles. The van der Waals surface area contributed by atoms with Crippen molar-refractivity contribution in [1.82, 2.24) is 4.57 Å². The maximum absolute atomic E-state index is 12.6. The minimum Gasteiger partial charge on any atom is -0.462 e. The van der Waals surface area contributed by atoms with E-state index >= 15 is 0 Å². The Morgan fingerprint density at radius 2 is 1.90 bits per heavy atom. The summed E-state index contributed by atoms with van der Waals surface area (Å²) < 4.78 is 8.10. The standard InChI is InChI=1S/C23H26N2O3S3/c1-4-28-22(27)17-7-10-19-20(15-17)31-23(25(19)12-14-29-3)24-21(26)11-13-30-18-8-5-16(2)6-9-18/h5-10,15H,4,11-14H2,1-3H3. The number of rotatable bonds is 9. The van der Waals surface area contributed by atoms with Gasteiger partial charge in [-0.05, 0) is 50.4 Å². The van der Waals surface area contributed by atoms with Crippen LogP contribution >= 0.6 is 34.9 Å². The van der Waals surface area contributed by atoms with Gasteiger partial charge in [0.1, 0.15) is 0 Å². The highest BCUT2D eigenvalue weighted by atomic mass is 32.2. The lowest BCUT2D eigenvalue weighted by molar-refractivity contribution is -0.117. The van der Waals surface area contributed by atoms with Crippen LogP contribution in [0.5, 0.6) is 0 Å². The monoisotopic (exact) mass is 474 g/mol. The SMILES string of the molecule is CCOC(=O)c1ccc2c(c1)sc(=NC(=O)CCSc1ccc(C)cc1)n2CCSC. The number of thioether (sulfide) groups is 2. The fraction of sp³-hybridized carbons (Fsp3) is 0.348. The van der Waals surface area contributed by atoms with E-state index in [9.17, 15) is 9.59 Å². The van der Waals surface area contributed by atoms with Crippen molar-refractivity contribution < 1.29 is 14.3 Å². The minimum absolute atomic E-state index is 0.130. The largest absolute Gasteiger partial charge is 0.462 e. The topological polar surface area (TPSA) is 60.7 Å². The van der Waals surface area contributed by atoms with Crippen LogP contribution in [-0.4, -0.2) is 40.8 Å². The summed E-state index contributed by atoms with van der Waals surface area (Å²) in [7, 11) is 0. The summed E-state index contributed by atoms with van der Waals surface area (Å²) in [5.41, 5.74) is 2.72. The quantitative estimate of drug-likeness (QED) is 0.317. The molecule has 2 aromatic carbocycles. The normalized spacial score (nSPS) is 11.8. The first kappa shape index (κ1) is 23.6. The zero-order valence-corrected chi connectivity index (χ0v) is 20.4. The van der Waals surface area contributed by atoms with Crippen LogP contribution in [0.25, 0.3) is 10.2 Å². The highest BCUT2D eigenvalue weighted by molar-refractivity contribution is 7.99. The van der Waals surface area contributed by atoms with Crippen molar-refractivity contribution in [2.45, 2.75) is 31.7 Å². The molecule has 3 rings (SSSR count). The number of ether oxygens (including phenoxy) is 1. The second-order valence-corrected chi connectivity index (χ2v) is 10.0. The van der Waals surface area contributed by atoms with Crippen molar-refractivity contribution >= 4 is 57.0 Å². The second-order valence-electron chi connectivity index (χ2n) is 6.85. The fourth-order valence-electron chi connectivity index (χ4n) is 2.95. The molecule has 0 saturated heterocycles. The van der Waals surface area contributed by atoms with Gasteiger partial charge in [0.05, 0.1) is 22.4 Å². The third-order valence-corrected chi connectivity index (χ3v) is 7.18. The smallest absolute Gasteiger partial charge is 0.338 e. The van der Waals surface area contributed by atoms with Gasteiger partial charge in [-0.25, -0.2) is 4.79 Å². The number of hydrogen-bond acceptors (Lipinski definition) is 6. The lowest BCUT2D eigenvalue weighted by Crippen LogP contribution is -2.18. The number of esters is 1. The summed E-state index contributed by atoms with van der Waals surface area (Å²) in [6.45, 7) is 4.94. The van der Waals surface area contributed by atoms with Crippen molar-refractivity contribution in [3.8, 4) is 0 Å². The third kappa shape index (κ3) is 6.48. The van der Waals surface area contributed by atoms with Crippen molar-refractivity contribution in [3.63, 3.8) is 0 Å². The number of amides is 1. The summed E-state index contributed by atoms with van der Waals surface area (Å²) in [5, 5.41) is 0. The number of carbonyl (C=O) groups excluding carboxylic acids is 2. The van der Waals surface area contributed by atoms with Gasteiger partial charge in [-0.2, -0.15) is 16.8 Å². The molecule has 8 heteroatoms. The van der Waals surface area contributed by atoms with Gasteiger partial charge in [0.25, 0.3) is 0 Å². The number of aromatic nitrogens is 1. The molecule has 0 aliphatic heterocycles. The van der Waals surface area contributed by atoms with Gasteiger partial charge in [0, 0.05) is 29.4 Å². The van der Waals surface area contributed by atoms with Gasteiger partial charge in [0.15, 0.2) is 4.80 Å². The van der Waals surface area contributed by atoms with E-state index in [0.29, 0.717) is 29.1 Å². The number of aryl methyl sites for hydroxylation is 2. The lowest BCUT2D eigenvalue weighted by Gasteiger charge is -2.05. The van der Waals surface area contributed by atoms with E-state index in [1.807, 2.05) is 12.1 Å². The van der Waals surface area contributed by atoms with Crippen molar-refractivity contribution in [2.75, 3.05) is 24.4 Å². The molecular formula is C23H26N2O3S3.